The number of pyridine rings is 1. The second-order valence-electron chi connectivity index (χ2n) is 4.35. The molecule has 2 rings (SSSR count). The molecule has 0 atom stereocenters. The molecule has 1 aromatic carbocycles. The number of hydrogen-bond donors (Lipinski definition) is 2. The maximum Gasteiger partial charge on any atom is 0.258 e. The Bertz CT molecular complexity index is 732. The number of anilines is 1. The van der Waals surface area contributed by atoms with Crippen molar-refractivity contribution in [3.63, 3.8) is 0 Å². The summed E-state index contributed by atoms with van der Waals surface area (Å²) in [6, 6.07) is 6.63. The lowest BCUT2D eigenvalue weighted by atomic mass is 10.1. The van der Waals surface area contributed by atoms with E-state index in [1.54, 1.807) is 12.1 Å². The molecule has 0 aliphatic carbocycles. The van der Waals surface area contributed by atoms with Gasteiger partial charge in [-0.25, -0.2) is 4.39 Å². The van der Waals surface area contributed by atoms with E-state index in [4.69, 9.17) is 5.73 Å². The van der Waals surface area contributed by atoms with E-state index in [2.05, 4.69) is 22.1 Å². The summed E-state index contributed by atoms with van der Waals surface area (Å²) in [7, 11) is 0. The lowest BCUT2D eigenvalue weighted by Crippen LogP contribution is -2.14. The van der Waals surface area contributed by atoms with Crippen molar-refractivity contribution < 1.29 is 9.18 Å². The molecular weight excluding hydrogens is 269 g/mol. The Balaban J connectivity index is 2.24. The number of amides is 1. The number of carbonyl (C=O) groups excluding carboxylic acids is 1. The fourth-order valence-corrected chi connectivity index (χ4v) is 1.74. The van der Waals surface area contributed by atoms with Gasteiger partial charge in [-0.1, -0.05) is 17.9 Å². The predicted molar refractivity (Wildman–Crippen MR) is 79.3 cm³/mol. The molecule has 3 N–H and O–H groups in total. The van der Waals surface area contributed by atoms with Crippen LogP contribution in [0.2, 0.25) is 0 Å². The van der Waals surface area contributed by atoms with Gasteiger partial charge in [-0.05, 0) is 30.7 Å². The van der Waals surface area contributed by atoms with Gasteiger partial charge in [0.2, 0.25) is 0 Å². The van der Waals surface area contributed by atoms with E-state index in [1.165, 1.54) is 12.3 Å². The SMILES string of the molecule is Cc1ccc(NC(=O)c2ccncc2F)cc1C#CCN. The van der Waals surface area contributed by atoms with Gasteiger partial charge >= 0.3 is 0 Å². The molecule has 5 heteroatoms. The summed E-state index contributed by atoms with van der Waals surface area (Å²) >= 11 is 0. The Morgan fingerprint density at radius 3 is 2.95 bits per heavy atom. The van der Waals surface area contributed by atoms with Crippen molar-refractivity contribution in [2.24, 2.45) is 5.73 Å². The van der Waals surface area contributed by atoms with Crippen LogP contribution >= 0.6 is 0 Å². The molecule has 0 aliphatic heterocycles. The highest BCUT2D eigenvalue weighted by Gasteiger charge is 2.11. The average Bonchev–Trinajstić information content (AvgIpc) is 2.48. The first-order valence-corrected chi connectivity index (χ1v) is 6.32. The van der Waals surface area contributed by atoms with Gasteiger partial charge in [-0.2, -0.15) is 0 Å². The van der Waals surface area contributed by atoms with Crippen molar-refractivity contribution in [3.8, 4) is 11.8 Å². The molecule has 0 unspecified atom stereocenters. The van der Waals surface area contributed by atoms with Gasteiger partial charge in [0.05, 0.1) is 18.3 Å². The number of rotatable bonds is 2. The molecule has 0 saturated carbocycles. The van der Waals surface area contributed by atoms with Crippen molar-refractivity contribution in [1.82, 2.24) is 4.98 Å². The summed E-state index contributed by atoms with van der Waals surface area (Å²) in [5, 5.41) is 2.64. The van der Waals surface area contributed by atoms with E-state index in [-0.39, 0.29) is 12.1 Å². The molecule has 21 heavy (non-hydrogen) atoms. The van der Waals surface area contributed by atoms with Crippen LogP contribution in [-0.4, -0.2) is 17.4 Å². The van der Waals surface area contributed by atoms with E-state index in [0.29, 0.717) is 5.69 Å². The van der Waals surface area contributed by atoms with Crippen LogP contribution in [0.3, 0.4) is 0 Å². The summed E-state index contributed by atoms with van der Waals surface area (Å²) in [4.78, 5) is 15.6. The van der Waals surface area contributed by atoms with Crippen LogP contribution in [0.1, 0.15) is 21.5 Å². The van der Waals surface area contributed by atoms with Gasteiger partial charge in [-0.15, -0.1) is 0 Å². The second kappa shape index (κ2) is 6.64. The smallest absolute Gasteiger partial charge is 0.258 e. The van der Waals surface area contributed by atoms with Gasteiger partial charge in [-0.3, -0.25) is 9.78 Å². The zero-order valence-corrected chi connectivity index (χ0v) is 11.5. The average molecular weight is 283 g/mol. The Morgan fingerprint density at radius 2 is 2.24 bits per heavy atom. The molecule has 2 aromatic rings. The van der Waals surface area contributed by atoms with Crippen molar-refractivity contribution in [3.05, 3.63) is 59.2 Å². The third kappa shape index (κ3) is 3.65. The second-order valence-corrected chi connectivity index (χ2v) is 4.35. The molecular formula is C16H14FN3O. The molecule has 0 saturated heterocycles. The van der Waals surface area contributed by atoms with Crippen molar-refractivity contribution >= 4 is 11.6 Å². The monoisotopic (exact) mass is 283 g/mol. The summed E-state index contributed by atoms with van der Waals surface area (Å²) in [6.07, 6.45) is 2.37. The van der Waals surface area contributed by atoms with Crippen LogP contribution in [-0.2, 0) is 0 Å². The number of nitrogens with one attached hydrogen (secondary N) is 1. The van der Waals surface area contributed by atoms with Crippen LogP contribution < -0.4 is 11.1 Å². The maximum absolute atomic E-state index is 13.5. The molecule has 0 aliphatic rings. The summed E-state index contributed by atoms with van der Waals surface area (Å²) in [6.45, 7) is 2.17. The van der Waals surface area contributed by atoms with Gasteiger partial charge in [0.25, 0.3) is 5.91 Å². The Hall–Kier alpha value is -2.71. The quantitative estimate of drug-likeness (QED) is 0.829. The van der Waals surface area contributed by atoms with Crippen LogP contribution in [0.15, 0.2) is 36.7 Å². The first-order chi connectivity index (χ1) is 10.1. The summed E-state index contributed by atoms with van der Waals surface area (Å²) in [5.74, 6) is 4.50. The van der Waals surface area contributed by atoms with E-state index < -0.39 is 11.7 Å². The number of nitrogens with zero attached hydrogens (tertiary/aromatic N) is 1. The van der Waals surface area contributed by atoms with Crippen molar-refractivity contribution in [1.29, 1.82) is 0 Å². The zero-order valence-electron chi connectivity index (χ0n) is 11.5. The minimum absolute atomic E-state index is 0.0554. The lowest BCUT2D eigenvalue weighted by Gasteiger charge is -2.07. The number of nitrogens with two attached hydrogens (primary N) is 1. The molecule has 1 amide bonds. The predicted octanol–water partition coefficient (Wildman–Crippen LogP) is 2.09. The summed E-state index contributed by atoms with van der Waals surface area (Å²) < 4.78 is 13.5. The first kappa shape index (κ1) is 14.7. The molecule has 0 fully saturated rings. The highest BCUT2D eigenvalue weighted by Crippen LogP contribution is 2.16. The van der Waals surface area contributed by atoms with Crippen LogP contribution in [0.25, 0.3) is 0 Å². The minimum Gasteiger partial charge on any atom is -0.322 e. The van der Waals surface area contributed by atoms with E-state index in [9.17, 15) is 9.18 Å². The molecule has 1 aromatic heterocycles. The molecule has 106 valence electrons. The van der Waals surface area contributed by atoms with Crippen LogP contribution in [0.4, 0.5) is 10.1 Å². The zero-order chi connectivity index (χ0) is 15.2. The summed E-state index contributed by atoms with van der Waals surface area (Å²) in [5.41, 5.74) is 7.58. The van der Waals surface area contributed by atoms with Crippen molar-refractivity contribution in [2.75, 3.05) is 11.9 Å². The minimum atomic E-state index is -0.662. The number of benzene rings is 1. The fraction of sp³-hybridized carbons (Fsp3) is 0.125. The topological polar surface area (TPSA) is 68.0 Å². The van der Waals surface area contributed by atoms with Gasteiger partial charge < -0.3 is 11.1 Å². The Kier molecular flexibility index (Phi) is 4.64. The number of hydrogen-bond acceptors (Lipinski definition) is 3. The largest absolute Gasteiger partial charge is 0.322 e. The highest BCUT2D eigenvalue weighted by molar-refractivity contribution is 6.04. The number of aryl methyl sites for hydroxylation is 1. The normalized spacial score (nSPS) is 9.67. The molecule has 0 radical (unpaired) electrons. The Morgan fingerprint density at radius 1 is 1.43 bits per heavy atom. The Labute approximate surface area is 122 Å². The standard InChI is InChI=1S/C16H14FN3O/c1-11-4-5-13(9-12(11)3-2-7-18)20-16(21)14-6-8-19-10-15(14)17/h4-6,8-10H,7,18H2,1H3,(H,20,21). The third-order valence-electron chi connectivity index (χ3n) is 2.84. The number of halogens is 1. The van der Waals surface area contributed by atoms with Gasteiger partial charge in [0.1, 0.15) is 0 Å². The fourth-order valence-electron chi connectivity index (χ4n) is 1.74. The number of aromatic nitrogens is 1. The molecule has 1 heterocycles. The number of carbonyl (C=O) groups is 1. The highest BCUT2D eigenvalue weighted by atomic mass is 19.1. The molecule has 4 nitrogen and oxygen atoms in total. The van der Waals surface area contributed by atoms with E-state index >= 15 is 0 Å². The van der Waals surface area contributed by atoms with Crippen LogP contribution in [0, 0.1) is 24.6 Å². The van der Waals surface area contributed by atoms with Gasteiger partial charge in [0.15, 0.2) is 5.82 Å². The molecule has 0 bridgehead atoms. The lowest BCUT2D eigenvalue weighted by molar-refractivity contribution is 0.102. The van der Waals surface area contributed by atoms with Crippen LogP contribution in [0.5, 0.6) is 0 Å². The van der Waals surface area contributed by atoms with E-state index in [0.717, 1.165) is 17.3 Å². The van der Waals surface area contributed by atoms with E-state index in [1.807, 2.05) is 13.0 Å². The maximum atomic E-state index is 13.5. The third-order valence-corrected chi connectivity index (χ3v) is 2.84. The van der Waals surface area contributed by atoms with Gasteiger partial charge in [0, 0.05) is 17.4 Å². The first-order valence-electron chi connectivity index (χ1n) is 6.32. The van der Waals surface area contributed by atoms with Crippen molar-refractivity contribution in [2.45, 2.75) is 6.92 Å². The molecule has 0 spiro atoms.